The Morgan fingerprint density at radius 3 is 2.21 bits per heavy atom. The quantitative estimate of drug-likeness (QED) is 0.808. The van der Waals surface area contributed by atoms with E-state index in [-0.39, 0.29) is 36.1 Å². The maximum Gasteiger partial charge on any atom is 0.175 e. The van der Waals surface area contributed by atoms with E-state index < -0.39 is 5.79 Å². The van der Waals surface area contributed by atoms with Crippen molar-refractivity contribution in [1.29, 1.82) is 0 Å². The van der Waals surface area contributed by atoms with Gasteiger partial charge in [-0.3, -0.25) is 0 Å². The molecule has 1 spiro atoms. The van der Waals surface area contributed by atoms with E-state index in [1.165, 1.54) is 0 Å². The molecule has 24 heavy (non-hydrogen) atoms. The lowest BCUT2D eigenvalue weighted by Crippen LogP contribution is -2.56. The van der Waals surface area contributed by atoms with Crippen molar-refractivity contribution in [2.24, 2.45) is 16.7 Å². The zero-order chi connectivity index (χ0) is 17.8. The maximum absolute atomic E-state index is 9.68. The van der Waals surface area contributed by atoms with Crippen LogP contribution in [0.5, 0.6) is 0 Å². The van der Waals surface area contributed by atoms with Crippen LogP contribution >= 0.6 is 0 Å². The summed E-state index contributed by atoms with van der Waals surface area (Å²) in [5.41, 5.74) is -0.707. The van der Waals surface area contributed by atoms with Gasteiger partial charge in [-0.25, -0.2) is 0 Å². The van der Waals surface area contributed by atoms with Crippen LogP contribution < -0.4 is 0 Å². The van der Waals surface area contributed by atoms with Gasteiger partial charge in [0.15, 0.2) is 5.79 Å². The molecule has 142 valence electrons. The summed E-state index contributed by atoms with van der Waals surface area (Å²) in [6.45, 7) is 10.5. The minimum atomic E-state index is -0.750. The van der Waals surface area contributed by atoms with Crippen molar-refractivity contribution in [1.82, 2.24) is 0 Å². The van der Waals surface area contributed by atoms with Crippen molar-refractivity contribution >= 4 is 0 Å². The first kappa shape index (κ1) is 20.1. The van der Waals surface area contributed by atoms with Crippen molar-refractivity contribution in [2.45, 2.75) is 52.4 Å². The van der Waals surface area contributed by atoms with Crippen LogP contribution in [-0.2, 0) is 18.9 Å². The van der Waals surface area contributed by atoms with Crippen molar-refractivity contribution in [3.63, 3.8) is 0 Å². The second-order valence-electron chi connectivity index (χ2n) is 8.11. The van der Waals surface area contributed by atoms with Gasteiger partial charge in [0.05, 0.1) is 52.4 Å². The summed E-state index contributed by atoms with van der Waals surface area (Å²) >= 11 is 0. The Balaban J connectivity index is 2.10. The molecule has 2 aliphatic heterocycles. The monoisotopic (exact) mass is 346 g/mol. The van der Waals surface area contributed by atoms with E-state index in [0.717, 1.165) is 6.42 Å². The summed E-state index contributed by atoms with van der Waals surface area (Å²) in [5, 5.41) is 19.3. The molecule has 0 amide bonds. The Labute approximate surface area is 145 Å². The molecule has 0 aromatic heterocycles. The number of hydrogen-bond acceptors (Lipinski definition) is 6. The summed E-state index contributed by atoms with van der Waals surface area (Å²) < 4.78 is 24.2. The molecule has 0 aromatic rings. The average Bonchev–Trinajstić information content (AvgIpc) is 2.60. The molecule has 0 bridgehead atoms. The molecule has 2 saturated heterocycles. The first-order chi connectivity index (χ1) is 11.3. The Bertz CT molecular complexity index is 387. The molecular formula is C18H34O6. The van der Waals surface area contributed by atoms with Crippen LogP contribution in [0.3, 0.4) is 0 Å². The summed E-state index contributed by atoms with van der Waals surface area (Å²) in [6, 6.07) is 0. The smallest absolute Gasteiger partial charge is 0.175 e. The molecule has 3 unspecified atom stereocenters. The second kappa shape index (κ2) is 7.98. The number of aliphatic hydroxyl groups excluding tert-OH is 2. The van der Waals surface area contributed by atoms with E-state index >= 15 is 0 Å². The summed E-state index contributed by atoms with van der Waals surface area (Å²) in [7, 11) is 0. The van der Waals surface area contributed by atoms with Crippen LogP contribution in [0, 0.1) is 16.7 Å². The molecule has 2 heterocycles. The Kier molecular flexibility index (Phi) is 6.67. The molecule has 6 heteroatoms. The second-order valence-corrected chi connectivity index (χ2v) is 8.11. The van der Waals surface area contributed by atoms with Gasteiger partial charge in [0.25, 0.3) is 0 Å². The molecule has 2 fully saturated rings. The standard InChI is InChI=1S/C18H34O6/c1-5-17(9-20)12-23-18(24-13-17)6-15(3)22-11-16(4,8-19)10-21-7-14(18)2/h14-15,19-20H,5-13H2,1-4H3. The number of aliphatic hydroxyl groups is 2. The SMILES string of the molecule is CCC1(CO)COC2(CC(C)OCC(C)(CO)COCC2C)OC1. The third kappa shape index (κ3) is 4.29. The van der Waals surface area contributed by atoms with E-state index in [1.807, 2.05) is 20.8 Å². The Hall–Kier alpha value is -0.240. The first-order valence-electron chi connectivity index (χ1n) is 9.02. The number of hydrogen-bond donors (Lipinski definition) is 2. The van der Waals surface area contributed by atoms with E-state index in [2.05, 4.69) is 6.92 Å². The van der Waals surface area contributed by atoms with E-state index in [0.29, 0.717) is 39.5 Å². The summed E-state index contributed by atoms with van der Waals surface area (Å²) in [4.78, 5) is 0. The van der Waals surface area contributed by atoms with Gasteiger partial charge >= 0.3 is 0 Å². The third-order valence-electron chi connectivity index (χ3n) is 5.57. The van der Waals surface area contributed by atoms with E-state index in [4.69, 9.17) is 18.9 Å². The molecule has 0 aromatic carbocycles. The van der Waals surface area contributed by atoms with Crippen molar-refractivity contribution in [3.8, 4) is 0 Å². The zero-order valence-electron chi connectivity index (χ0n) is 15.5. The zero-order valence-corrected chi connectivity index (χ0v) is 15.5. The fourth-order valence-corrected chi connectivity index (χ4v) is 3.19. The van der Waals surface area contributed by atoms with Gasteiger partial charge in [-0.1, -0.05) is 20.8 Å². The lowest BCUT2D eigenvalue weighted by Gasteiger charge is -2.49. The minimum Gasteiger partial charge on any atom is -0.396 e. The third-order valence-corrected chi connectivity index (χ3v) is 5.57. The highest BCUT2D eigenvalue weighted by molar-refractivity contribution is 4.89. The molecule has 0 aliphatic carbocycles. The molecule has 0 radical (unpaired) electrons. The van der Waals surface area contributed by atoms with Gasteiger partial charge in [-0.15, -0.1) is 0 Å². The van der Waals surface area contributed by atoms with Gasteiger partial charge in [-0.2, -0.15) is 0 Å². The average molecular weight is 346 g/mol. The highest BCUT2D eigenvalue weighted by Crippen LogP contribution is 2.40. The molecule has 3 atom stereocenters. The summed E-state index contributed by atoms with van der Waals surface area (Å²) in [5.74, 6) is -0.724. The van der Waals surface area contributed by atoms with Gasteiger partial charge in [0.1, 0.15) is 0 Å². The lowest BCUT2D eigenvalue weighted by molar-refractivity contribution is -0.344. The number of rotatable bonds is 3. The van der Waals surface area contributed by atoms with Gasteiger partial charge < -0.3 is 29.2 Å². The largest absolute Gasteiger partial charge is 0.396 e. The Morgan fingerprint density at radius 1 is 1.00 bits per heavy atom. The molecule has 2 rings (SSSR count). The highest BCUT2D eigenvalue weighted by atomic mass is 16.7. The van der Waals surface area contributed by atoms with Gasteiger partial charge in [0, 0.05) is 23.2 Å². The predicted octanol–water partition coefficient (Wildman–Crippen LogP) is 1.58. The minimum absolute atomic E-state index is 0.0261. The Morgan fingerprint density at radius 2 is 1.67 bits per heavy atom. The highest BCUT2D eigenvalue weighted by Gasteiger charge is 2.48. The van der Waals surface area contributed by atoms with Crippen LogP contribution in [-0.4, -0.2) is 68.4 Å². The van der Waals surface area contributed by atoms with E-state index in [1.54, 1.807) is 0 Å². The van der Waals surface area contributed by atoms with Crippen LogP contribution in [0.15, 0.2) is 0 Å². The van der Waals surface area contributed by atoms with Crippen molar-refractivity contribution in [3.05, 3.63) is 0 Å². The first-order valence-corrected chi connectivity index (χ1v) is 9.02. The summed E-state index contributed by atoms with van der Waals surface area (Å²) in [6.07, 6.45) is 1.36. The molecule has 2 aliphatic rings. The number of ether oxygens (including phenoxy) is 4. The fraction of sp³-hybridized carbons (Fsp3) is 1.00. The predicted molar refractivity (Wildman–Crippen MR) is 89.7 cm³/mol. The fourth-order valence-electron chi connectivity index (χ4n) is 3.19. The van der Waals surface area contributed by atoms with Crippen LogP contribution in [0.2, 0.25) is 0 Å². The molecular weight excluding hydrogens is 312 g/mol. The van der Waals surface area contributed by atoms with Crippen LogP contribution in [0.4, 0.5) is 0 Å². The van der Waals surface area contributed by atoms with Crippen LogP contribution in [0.25, 0.3) is 0 Å². The molecule has 2 N–H and O–H groups in total. The van der Waals surface area contributed by atoms with Crippen molar-refractivity contribution in [2.75, 3.05) is 46.2 Å². The normalized spacial score (nSPS) is 45.2. The topological polar surface area (TPSA) is 77.4 Å². The van der Waals surface area contributed by atoms with Gasteiger partial charge in [0.2, 0.25) is 0 Å². The molecule has 0 saturated carbocycles. The van der Waals surface area contributed by atoms with Crippen LogP contribution in [0.1, 0.15) is 40.5 Å². The maximum atomic E-state index is 9.68. The van der Waals surface area contributed by atoms with E-state index in [9.17, 15) is 10.2 Å². The van der Waals surface area contributed by atoms with Gasteiger partial charge in [-0.05, 0) is 13.3 Å². The molecule has 6 nitrogen and oxygen atoms in total. The lowest BCUT2D eigenvalue weighted by atomic mass is 9.84. The van der Waals surface area contributed by atoms with Crippen molar-refractivity contribution < 1.29 is 29.2 Å².